The van der Waals surface area contributed by atoms with E-state index in [4.69, 9.17) is 23.2 Å². The van der Waals surface area contributed by atoms with Crippen LogP contribution in [0.5, 0.6) is 0 Å². The minimum atomic E-state index is -3.83. The molecule has 0 radical (unpaired) electrons. The number of carbonyl (C=O) groups is 1. The lowest BCUT2D eigenvalue weighted by Crippen LogP contribution is -2.29. The van der Waals surface area contributed by atoms with E-state index in [1.165, 1.54) is 26.3 Å². The van der Waals surface area contributed by atoms with Gasteiger partial charge in [-0.05, 0) is 18.6 Å². The fourth-order valence-corrected chi connectivity index (χ4v) is 4.68. The zero-order valence-corrected chi connectivity index (χ0v) is 15.3. The van der Waals surface area contributed by atoms with Crippen molar-refractivity contribution >= 4 is 55.1 Å². The van der Waals surface area contributed by atoms with Gasteiger partial charge in [0.1, 0.15) is 4.90 Å². The zero-order valence-electron chi connectivity index (χ0n) is 11.4. The molecule has 9 heteroatoms. The molecule has 0 saturated carbocycles. The lowest BCUT2D eigenvalue weighted by atomic mass is 10.3. The molecule has 0 unspecified atom stereocenters. The van der Waals surface area contributed by atoms with Crippen molar-refractivity contribution in [2.75, 3.05) is 20.7 Å². The molecule has 0 aliphatic rings. The predicted octanol–water partition coefficient (Wildman–Crippen LogP) is 3.33. The summed E-state index contributed by atoms with van der Waals surface area (Å²) in [5.41, 5.74) is 0. The molecule has 21 heavy (non-hydrogen) atoms. The number of halogens is 3. The second-order valence-electron chi connectivity index (χ2n) is 4.20. The molecule has 1 rings (SSSR count). The molecule has 0 saturated heterocycles. The van der Waals surface area contributed by atoms with E-state index in [0.717, 1.165) is 4.31 Å². The first-order valence-electron chi connectivity index (χ1n) is 5.88. The Kier molecular flexibility index (Phi) is 6.93. The van der Waals surface area contributed by atoms with Crippen molar-refractivity contribution in [1.82, 2.24) is 4.31 Å². The van der Waals surface area contributed by atoms with Crippen molar-refractivity contribution < 1.29 is 17.9 Å². The Labute approximate surface area is 142 Å². The molecule has 0 aliphatic carbocycles. The van der Waals surface area contributed by atoms with Gasteiger partial charge < -0.3 is 4.74 Å². The Morgan fingerprint density at radius 3 is 2.33 bits per heavy atom. The number of nitrogens with zero attached hydrogens (tertiary/aromatic N) is 1. The minimum absolute atomic E-state index is 0.0363. The van der Waals surface area contributed by atoms with Gasteiger partial charge in [-0.3, -0.25) is 4.79 Å². The van der Waals surface area contributed by atoms with Crippen LogP contribution < -0.4 is 0 Å². The summed E-state index contributed by atoms with van der Waals surface area (Å²) in [5.74, 6) is -0.388. The van der Waals surface area contributed by atoms with Crippen LogP contribution in [0, 0.1) is 0 Å². The molecule has 118 valence electrons. The van der Waals surface area contributed by atoms with Gasteiger partial charge in [-0.1, -0.05) is 39.1 Å². The van der Waals surface area contributed by atoms with Crippen LogP contribution in [0.4, 0.5) is 0 Å². The van der Waals surface area contributed by atoms with Crippen molar-refractivity contribution in [1.29, 1.82) is 0 Å². The molecule has 0 atom stereocenters. The van der Waals surface area contributed by atoms with E-state index in [2.05, 4.69) is 20.7 Å². The molecule has 1 aromatic rings. The van der Waals surface area contributed by atoms with Crippen molar-refractivity contribution in [3.05, 3.63) is 26.7 Å². The van der Waals surface area contributed by atoms with Crippen LogP contribution >= 0.6 is 39.1 Å². The van der Waals surface area contributed by atoms with Gasteiger partial charge in [-0.2, -0.15) is 0 Å². The molecular formula is C12H14BrCl2NO4S. The Morgan fingerprint density at radius 2 is 1.86 bits per heavy atom. The van der Waals surface area contributed by atoms with E-state index >= 15 is 0 Å². The van der Waals surface area contributed by atoms with Crippen molar-refractivity contribution in [2.45, 2.75) is 17.7 Å². The van der Waals surface area contributed by atoms with Crippen molar-refractivity contribution in [3.8, 4) is 0 Å². The molecular weight excluding hydrogens is 405 g/mol. The summed E-state index contributed by atoms with van der Waals surface area (Å²) < 4.78 is 31.1. The van der Waals surface area contributed by atoms with Crippen LogP contribution in [0.15, 0.2) is 21.5 Å². The van der Waals surface area contributed by atoms with Crippen LogP contribution in [-0.2, 0) is 19.6 Å². The van der Waals surface area contributed by atoms with Crippen LogP contribution in [-0.4, -0.2) is 39.4 Å². The maximum absolute atomic E-state index is 12.5. The largest absolute Gasteiger partial charge is 0.469 e. The normalized spacial score (nSPS) is 11.7. The summed E-state index contributed by atoms with van der Waals surface area (Å²) in [7, 11) is -1.14. The topological polar surface area (TPSA) is 63.7 Å². The van der Waals surface area contributed by atoms with Crippen LogP contribution in [0.1, 0.15) is 12.8 Å². The number of hydrogen-bond donors (Lipinski definition) is 0. The Balaban J connectivity index is 2.93. The van der Waals surface area contributed by atoms with Crippen LogP contribution in [0.25, 0.3) is 0 Å². The summed E-state index contributed by atoms with van der Waals surface area (Å²) in [5, 5.41) is 0.0726. The smallest absolute Gasteiger partial charge is 0.305 e. The molecule has 0 heterocycles. The number of esters is 1. The second kappa shape index (κ2) is 7.78. The van der Waals surface area contributed by atoms with E-state index in [1.54, 1.807) is 0 Å². The highest BCUT2D eigenvalue weighted by Crippen LogP contribution is 2.34. The van der Waals surface area contributed by atoms with Gasteiger partial charge in [-0.15, -0.1) is 0 Å². The van der Waals surface area contributed by atoms with Crippen molar-refractivity contribution in [3.63, 3.8) is 0 Å². The van der Waals surface area contributed by atoms with Gasteiger partial charge in [0.25, 0.3) is 0 Å². The Morgan fingerprint density at radius 1 is 1.33 bits per heavy atom. The van der Waals surface area contributed by atoms with Gasteiger partial charge in [0.2, 0.25) is 10.0 Å². The summed E-state index contributed by atoms with van der Waals surface area (Å²) >= 11 is 15.1. The predicted molar refractivity (Wildman–Crippen MR) is 85.2 cm³/mol. The number of hydrogen-bond acceptors (Lipinski definition) is 4. The third-order valence-electron chi connectivity index (χ3n) is 2.71. The average molecular weight is 419 g/mol. The quantitative estimate of drug-likeness (QED) is 0.664. The second-order valence-corrected chi connectivity index (χ2v) is 7.92. The summed E-state index contributed by atoms with van der Waals surface area (Å²) in [6.07, 6.45) is 0.479. The van der Waals surface area contributed by atoms with Gasteiger partial charge in [-0.25, -0.2) is 12.7 Å². The Hall–Kier alpha value is -0.340. The maximum atomic E-state index is 12.5. The standard InChI is InChI=1S/C12H14BrCl2NO4S/c1-16(5-3-4-11(17)20-2)21(18,19)12-9(14)6-8(13)7-10(12)15/h6-7H,3-5H2,1-2H3. The summed E-state index contributed by atoms with van der Waals surface area (Å²) in [6, 6.07) is 2.92. The molecule has 0 spiro atoms. The lowest BCUT2D eigenvalue weighted by Gasteiger charge is -2.18. The molecule has 5 nitrogen and oxygen atoms in total. The number of sulfonamides is 1. The molecule has 0 aliphatic heterocycles. The van der Waals surface area contributed by atoms with E-state index in [0.29, 0.717) is 10.9 Å². The fraction of sp³-hybridized carbons (Fsp3) is 0.417. The van der Waals surface area contributed by atoms with Crippen LogP contribution in [0.2, 0.25) is 10.0 Å². The summed E-state index contributed by atoms with van der Waals surface area (Å²) in [6.45, 7) is 0.153. The summed E-state index contributed by atoms with van der Waals surface area (Å²) in [4.78, 5) is 10.9. The highest BCUT2D eigenvalue weighted by molar-refractivity contribution is 9.10. The average Bonchev–Trinajstić information content (AvgIpc) is 2.36. The number of ether oxygens (including phenoxy) is 1. The van der Waals surface area contributed by atoms with E-state index in [-0.39, 0.29) is 33.9 Å². The van der Waals surface area contributed by atoms with Gasteiger partial charge >= 0.3 is 5.97 Å². The highest BCUT2D eigenvalue weighted by atomic mass is 79.9. The van der Waals surface area contributed by atoms with E-state index in [9.17, 15) is 13.2 Å². The maximum Gasteiger partial charge on any atom is 0.305 e. The Bertz CT molecular complexity index is 613. The zero-order chi connectivity index (χ0) is 16.2. The number of methoxy groups -OCH3 is 1. The van der Waals surface area contributed by atoms with Crippen molar-refractivity contribution in [2.24, 2.45) is 0 Å². The van der Waals surface area contributed by atoms with Crippen LogP contribution in [0.3, 0.4) is 0 Å². The van der Waals surface area contributed by atoms with Gasteiger partial charge in [0, 0.05) is 24.5 Å². The first-order chi connectivity index (χ1) is 9.70. The number of carbonyl (C=O) groups excluding carboxylic acids is 1. The first-order valence-corrected chi connectivity index (χ1v) is 8.86. The molecule has 1 aromatic carbocycles. The fourth-order valence-electron chi connectivity index (χ4n) is 1.60. The van der Waals surface area contributed by atoms with Gasteiger partial charge in [0.05, 0.1) is 17.2 Å². The third-order valence-corrected chi connectivity index (χ3v) is 5.95. The SMILES string of the molecule is COC(=O)CCCN(C)S(=O)(=O)c1c(Cl)cc(Br)cc1Cl. The van der Waals surface area contributed by atoms with E-state index < -0.39 is 10.0 Å². The molecule has 0 fully saturated rings. The monoisotopic (exact) mass is 417 g/mol. The molecule has 0 N–H and O–H groups in total. The first kappa shape index (κ1) is 18.7. The van der Waals surface area contributed by atoms with Gasteiger partial charge in [0.15, 0.2) is 0 Å². The third kappa shape index (κ3) is 4.82. The molecule has 0 bridgehead atoms. The van der Waals surface area contributed by atoms with E-state index in [1.807, 2.05) is 0 Å². The molecule has 0 amide bonds. The number of rotatable bonds is 6. The highest BCUT2D eigenvalue weighted by Gasteiger charge is 2.26. The number of benzene rings is 1. The molecule has 0 aromatic heterocycles. The minimum Gasteiger partial charge on any atom is -0.469 e. The lowest BCUT2D eigenvalue weighted by molar-refractivity contribution is -0.140.